The Kier molecular flexibility index (Phi) is 11.5. The van der Waals surface area contributed by atoms with E-state index in [1.54, 1.807) is 6.92 Å². The molecule has 1 aromatic carbocycles. The number of hydrogen-bond donors (Lipinski definition) is 1. The first-order valence-electron chi connectivity index (χ1n) is 12.0. The third-order valence-electron chi connectivity index (χ3n) is 5.72. The normalized spacial score (nSPS) is 15.8. The van der Waals surface area contributed by atoms with E-state index in [1.165, 1.54) is 56.9 Å². The maximum atomic E-state index is 13.0. The minimum Gasteiger partial charge on any atom is -0.435 e. The van der Waals surface area contributed by atoms with Crippen LogP contribution < -0.4 is 10.1 Å². The van der Waals surface area contributed by atoms with Crippen molar-refractivity contribution in [1.82, 2.24) is 5.32 Å². The molecule has 1 unspecified atom stereocenters. The minimum absolute atomic E-state index is 0.0746. The summed E-state index contributed by atoms with van der Waals surface area (Å²) in [5.41, 5.74) is 0.260. The molecular formula is C25H34F2N2O6. The van der Waals surface area contributed by atoms with Crippen LogP contribution in [-0.4, -0.2) is 24.3 Å². The van der Waals surface area contributed by atoms with Gasteiger partial charge < -0.3 is 19.5 Å². The first-order chi connectivity index (χ1) is 16.8. The Morgan fingerprint density at radius 2 is 1.69 bits per heavy atom. The minimum atomic E-state index is -3.13. The van der Waals surface area contributed by atoms with Crippen LogP contribution in [0.2, 0.25) is 0 Å². The number of hydrogen-bond acceptors (Lipinski definition) is 7. The third-order valence-corrected chi connectivity index (χ3v) is 5.72. The maximum Gasteiger partial charge on any atom is 0.513 e. The number of ether oxygens (including phenoxy) is 3. The number of alkyl halides is 2. The number of halogens is 2. The van der Waals surface area contributed by atoms with Gasteiger partial charge in [-0.1, -0.05) is 70.1 Å². The standard InChI is InChI=1S/C25H34F2N2O6/c1-4-5-6-7-8-9-10-13-16-33-25(30)35-23-18(3)28-17(2)22(29(31)32)21(23)19-14-11-12-15-20(19)34-24(26)27/h11-12,14-15,21,24,28H,4-10,13,16H2,1-3H3. The number of rotatable bonds is 14. The molecule has 0 spiro atoms. The molecule has 0 radical (unpaired) electrons. The zero-order valence-electron chi connectivity index (χ0n) is 20.5. The highest BCUT2D eigenvalue weighted by Crippen LogP contribution is 2.42. The predicted octanol–water partition coefficient (Wildman–Crippen LogP) is 7.01. The lowest BCUT2D eigenvalue weighted by molar-refractivity contribution is -0.431. The molecular weight excluding hydrogens is 462 g/mol. The van der Waals surface area contributed by atoms with Gasteiger partial charge >= 0.3 is 12.8 Å². The highest BCUT2D eigenvalue weighted by molar-refractivity contribution is 5.63. The number of allylic oxidation sites excluding steroid dienone is 2. The highest BCUT2D eigenvalue weighted by Gasteiger charge is 2.41. The van der Waals surface area contributed by atoms with Gasteiger partial charge in [0.2, 0.25) is 0 Å². The van der Waals surface area contributed by atoms with Crippen LogP contribution in [0.1, 0.15) is 83.6 Å². The zero-order chi connectivity index (χ0) is 25.8. The number of para-hydroxylation sites is 1. The SMILES string of the molecule is CCCCCCCCCCOC(=O)OC1=C(C)NC(C)=C([N+](=O)[O-])C1c1ccccc1OC(F)F. The van der Waals surface area contributed by atoms with Crippen molar-refractivity contribution >= 4 is 6.16 Å². The van der Waals surface area contributed by atoms with Crippen LogP contribution in [-0.2, 0) is 9.47 Å². The Labute approximate surface area is 204 Å². The van der Waals surface area contributed by atoms with Crippen LogP contribution in [0.25, 0.3) is 0 Å². The molecule has 0 aliphatic carbocycles. The number of nitrogens with one attached hydrogen (secondary N) is 1. The molecule has 1 aliphatic heterocycles. The van der Waals surface area contributed by atoms with E-state index < -0.39 is 23.6 Å². The van der Waals surface area contributed by atoms with E-state index >= 15 is 0 Å². The Hall–Kier alpha value is -3.17. The number of dihydropyridines is 1. The van der Waals surface area contributed by atoms with E-state index in [0.29, 0.717) is 12.1 Å². The largest absolute Gasteiger partial charge is 0.513 e. The van der Waals surface area contributed by atoms with Crippen molar-refractivity contribution in [2.45, 2.75) is 84.7 Å². The van der Waals surface area contributed by atoms with Crippen molar-refractivity contribution in [3.63, 3.8) is 0 Å². The summed E-state index contributed by atoms with van der Waals surface area (Å²) in [5, 5.41) is 14.7. The maximum absolute atomic E-state index is 13.0. The zero-order valence-corrected chi connectivity index (χ0v) is 20.5. The van der Waals surface area contributed by atoms with E-state index in [2.05, 4.69) is 17.0 Å². The fourth-order valence-electron chi connectivity index (χ4n) is 4.06. The molecule has 194 valence electrons. The molecule has 0 amide bonds. The number of nitrogens with zero attached hydrogens (tertiary/aromatic N) is 1. The fraction of sp³-hybridized carbons (Fsp3) is 0.560. The molecule has 0 fully saturated rings. The van der Waals surface area contributed by atoms with Gasteiger partial charge in [-0.05, 0) is 26.3 Å². The van der Waals surface area contributed by atoms with Crippen molar-refractivity contribution in [2.75, 3.05) is 6.61 Å². The highest BCUT2D eigenvalue weighted by atomic mass is 19.3. The van der Waals surface area contributed by atoms with Crippen molar-refractivity contribution in [1.29, 1.82) is 0 Å². The lowest BCUT2D eigenvalue weighted by Crippen LogP contribution is -2.30. The summed E-state index contributed by atoms with van der Waals surface area (Å²) in [6, 6.07) is 5.72. The average Bonchev–Trinajstić information content (AvgIpc) is 2.79. The molecule has 8 nitrogen and oxygen atoms in total. The van der Waals surface area contributed by atoms with Gasteiger partial charge in [0.25, 0.3) is 5.70 Å². The van der Waals surface area contributed by atoms with Gasteiger partial charge in [-0.2, -0.15) is 8.78 Å². The Morgan fingerprint density at radius 1 is 1.06 bits per heavy atom. The molecule has 1 atom stereocenters. The Morgan fingerprint density at radius 3 is 2.31 bits per heavy atom. The van der Waals surface area contributed by atoms with Crippen molar-refractivity contribution in [2.24, 2.45) is 0 Å². The number of benzene rings is 1. The lowest BCUT2D eigenvalue weighted by atomic mass is 9.89. The number of carbonyl (C=O) groups is 1. The number of unbranched alkanes of at least 4 members (excludes halogenated alkanes) is 7. The monoisotopic (exact) mass is 496 g/mol. The summed E-state index contributed by atoms with van der Waals surface area (Å²) in [5.74, 6) is -1.60. The van der Waals surface area contributed by atoms with Crippen LogP contribution >= 0.6 is 0 Å². The second-order valence-electron chi connectivity index (χ2n) is 8.41. The molecule has 1 heterocycles. The quantitative estimate of drug-likeness (QED) is 0.128. The van der Waals surface area contributed by atoms with Crippen molar-refractivity contribution in [3.05, 3.63) is 62.8 Å². The van der Waals surface area contributed by atoms with Gasteiger partial charge in [0.1, 0.15) is 17.4 Å². The molecule has 1 N–H and O–H groups in total. The molecule has 0 saturated heterocycles. The van der Waals surface area contributed by atoms with E-state index in [-0.39, 0.29) is 35.1 Å². The van der Waals surface area contributed by atoms with Gasteiger partial charge in [0.15, 0.2) is 0 Å². The van der Waals surface area contributed by atoms with Crippen LogP contribution in [0, 0.1) is 10.1 Å². The summed E-state index contributed by atoms with van der Waals surface area (Å²) in [6.45, 7) is 2.26. The number of nitro groups is 1. The summed E-state index contributed by atoms with van der Waals surface area (Å²) in [7, 11) is 0. The lowest BCUT2D eigenvalue weighted by Gasteiger charge is -2.27. The molecule has 10 heteroatoms. The molecule has 1 aliphatic rings. The predicted molar refractivity (Wildman–Crippen MR) is 126 cm³/mol. The van der Waals surface area contributed by atoms with Crippen molar-refractivity contribution in [3.8, 4) is 5.75 Å². The Balaban J connectivity index is 2.10. The summed E-state index contributed by atoms with van der Waals surface area (Å²) < 4.78 is 41.2. The molecule has 0 saturated carbocycles. The smallest absolute Gasteiger partial charge is 0.435 e. The molecule has 1 aromatic rings. The van der Waals surface area contributed by atoms with Gasteiger partial charge in [-0.3, -0.25) is 10.1 Å². The van der Waals surface area contributed by atoms with Crippen LogP contribution in [0.15, 0.2) is 47.1 Å². The van der Waals surface area contributed by atoms with E-state index in [4.69, 9.17) is 9.47 Å². The second-order valence-corrected chi connectivity index (χ2v) is 8.41. The summed E-state index contributed by atoms with van der Waals surface area (Å²) >= 11 is 0. The third kappa shape index (κ3) is 8.52. The van der Waals surface area contributed by atoms with Crippen LogP contribution in [0.4, 0.5) is 13.6 Å². The van der Waals surface area contributed by atoms with Crippen LogP contribution in [0.3, 0.4) is 0 Å². The average molecular weight is 497 g/mol. The molecule has 2 rings (SSSR count). The molecule has 35 heavy (non-hydrogen) atoms. The fourth-order valence-corrected chi connectivity index (χ4v) is 4.06. The van der Waals surface area contributed by atoms with Gasteiger partial charge in [0, 0.05) is 5.56 Å². The van der Waals surface area contributed by atoms with E-state index in [0.717, 1.165) is 19.3 Å². The number of carbonyl (C=O) groups excluding carboxylic acids is 1. The topological polar surface area (TPSA) is 99.9 Å². The van der Waals surface area contributed by atoms with E-state index in [1.807, 2.05) is 0 Å². The van der Waals surface area contributed by atoms with Gasteiger partial charge in [-0.25, -0.2) is 4.79 Å². The van der Waals surface area contributed by atoms with Crippen molar-refractivity contribution < 1.29 is 32.7 Å². The summed E-state index contributed by atoms with van der Waals surface area (Å²) in [6.07, 6.45) is 7.63. The van der Waals surface area contributed by atoms with Gasteiger partial charge in [-0.15, -0.1) is 0 Å². The first kappa shape index (κ1) is 28.1. The van der Waals surface area contributed by atoms with Gasteiger partial charge in [0.05, 0.1) is 22.9 Å². The molecule has 0 bridgehead atoms. The second kappa shape index (κ2) is 14.3. The Bertz CT molecular complexity index is 932. The van der Waals surface area contributed by atoms with E-state index in [9.17, 15) is 23.7 Å². The molecule has 0 aromatic heterocycles. The first-order valence-corrected chi connectivity index (χ1v) is 12.0. The summed E-state index contributed by atoms with van der Waals surface area (Å²) in [4.78, 5) is 23.7. The van der Waals surface area contributed by atoms with Crippen LogP contribution in [0.5, 0.6) is 5.75 Å².